The lowest BCUT2D eigenvalue weighted by Crippen LogP contribution is -2.02. The first-order chi connectivity index (χ1) is 10.3. The lowest BCUT2D eigenvalue weighted by atomic mass is 10.2. The van der Waals surface area contributed by atoms with Gasteiger partial charge in [-0.25, -0.2) is 4.98 Å². The average molecular weight is 348 g/mol. The summed E-state index contributed by atoms with van der Waals surface area (Å²) >= 11 is 3.45. The zero-order valence-electron chi connectivity index (χ0n) is 11.5. The number of rotatable bonds is 5. The van der Waals surface area contributed by atoms with Gasteiger partial charge >= 0.3 is 0 Å². The summed E-state index contributed by atoms with van der Waals surface area (Å²) in [6, 6.07) is 10.00. The van der Waals surface area contributed by atoms with Gasteiger partial charge in [0.05, 0.1) is 18.2 Å². The molecule has 0 saturated carbocycles. The number of fused-ring (bicyclic) bond motifs is 1. The van der Waals surface area contributed by atoms with E-state index < -0.39 is 0 Å². The van der Waals surface area contributed by atoms with Crippen LogP contribution in [0.15, 0.2) is 41.0 Å². The van der Waals surface area contributed by atoms with Crippen molar-refractivity contribution in [1.29, 1.82) is 0 Å². The van der Waals surface area contributed by atoms with Gasteiger partial charge in [-0.3, -0.25) is 0 Å². The zero-order chi connectivity index (χ0) is 14.7. The molecule has 0 aliphatic carbocycles. The lowest BCUT2D eigenvalue weighted by molar-refractivity contribution is 0.101. The van der Waals surface area contributed by atoms with Crippen LogP contribution in [-0.4, -0.2) is 22.1 Å². The van der Waals surface area contributed by atoms with Crippen LogP contribution in [0.3, 0.4) is 0 Å². The highest BCUT2D eigenvalue weighted by molar-refractivity contribution is 9.10. The largest absolute Gasteiger partial charge is 0.479 e. The van der Waals surface area contributed by atoms with E-state index in [1.54, 1.807) is 7.11 Å². The minimum Gasteiger partial charge on any atom is -0.479 e. The third kappa shape index (κ3) is 3.06. The number of nitrogens with zero attached hydrogens (tertiary/aromatic N) is 2. The molecule has 0 saturated heterocycles. The van der Waals surface area contributed by atoms with Crippen molar-refractivity contribution in [2.45, 2.75) is 13.2 Å². The molecule has 5 nitrogen and oxygen atoms in total. The lowest BCUT2D eigenvalue weighted by Gasteiger charge is -2.06. The van der Waals surface area contributed by atoms with Crippen molar-refractivity contribution in [2.75, 3.05) is 7.11 Å². The molecule has 0 aliphatic rings. The van der Waals surface area contributed by atoms with Gasteiger partial charge in [-0.2, -0.15) is 4.98 Å². The monoisotopic (exact) mass is 347 g/mol. The summed E-state index contributed by atoms with van der Waals surface area (Å²) in [6.45, 7) is 0.859. The maximum atomic E-state index is 5.66. The minimum atomic E-state index is 0.332. The predicted octanol–water partition coefficient (Wildman–Crippen LogP) is 3.45. The molecule has 2 heterocycles. The summed E-state index contributed by atoms with van der Waals surface area (Å²) in [5.74, 6) is 1.11. The van der Waals surface area contributed by atoms with Crippen molar-refractivity contribution in [2.24, 2.45) is 0 Å². The van der Waals surface area contributed by atoms with Gasteiger partial charge in [-0.05, 0) is 21.5 Å². The molecule has 1 N–H and O–H groups in total. The molecule has 2 aromatic heterocycles. The molecule has 1 aromatic carbocycles. The normalized spacial score (nSPS) is 11.0. The summed E-state index contributed by atoms with van der Waals surface area (Å²) in [5.41, 5.74) is 2.68. The second-order valence-electron chi connectivity index (χ2n) is 4.49. The predicted molar refractivity (Wildman–Crippen MR) is 83.1 cm³/mol. The van der Waals surface area contributed by atoms with E-state index in [1.807, 2.05) is 36.5 Å². The Morgan fingerprint density at radius 3 is 2.71 bits per heavy atom. The maximum absolute atomic E-state index is 5.66. The molecular weight excluding hydrogens is 334 g/mol. The van der Waals surface area contributed by atoms with E-state index in [9.17, 15) is 0 Å². The highest BCUT2D eigenvalue weighted by Gasteiger charge is 2.12. The van der Waals surface area contributed by atoms with E-state index >= 15 is 0 Å². The standard InChI is InChI=1S/C15H14BrN3O2/c1-20-15-14-13(11(16)7-17-14)18-12(19-15)9-21-8-10-5-3-2-4-6-10/h2-7,17H,8-9H2,1H3. The van der Waals surface area contributed by atoms with Crippen molar-refractivity contribution >= 4 is 27.0 Å². The number of H-pyrrole nitrogens is 1. The molecule has 0 bridgehead atoms. The highest BCUT2D eigenvalue weighted by Crippen LogP contribution is 2.27. The van der Waals surface area contributed by atoms with Gasteiger partial charge in [0.15, 0.2) is 5.82 Å². The zero-order valence-corrected chi connectivity index (χ0v) is 13.1. The van der Waals surface area contributed by atoms with Crippen LogP contribution < -0.4 is 4.74 Å². The van der Waals surface area contributed by atoms with Crippen molar-refractivity contribution in [3.8, 4) is 5.88 Å². The van der Waals surface area contributed by atoms with Gasteiger partial charge in [-0.15, -0.1) is 0 Å². The molecular formula is C15H14BrN3O2. The molecule has 21 heavy (non-hydrogen) atoms. The molecule has 0 amide bonds. The van der Waals surface area contributed by atoms with Gasteiger partial charge in [0.25, 0.3) is 0 Å². The Bertz CT molecular complexity index is 743. The van der Waals surface area contributed by atoms with E-state index in [0.29, 0.717) is 24.9 Å². The first kappa shape index (κ1) is 14.0. The molecule has 0 aliphatic heterocycles. The SMILES string of the molecule is COc1nc(COCc2ccccc2)nc2c(Br)c[nH]c12. The Morgan fingerprint density at radius 1 is 1.14 bits per heavy atom. The smallest absolute Gasteiger partial charge is 0.241 e. The van der Waals surface area contributed by atoms with Crippen LogP contribution in [0.5, 0.6) is 5.88 Å². The molecule has 108 valence electrons. The van der Waals surface area contributed by atoms with E-state index in [-0.39, 0.29) is 0 Å². The van der Waals surface area contributed by atoms with Crippen LogP contribution >= 0.6 is 15.9 Å². The fraction of sp³-hybridized carbons (Fsp3) is 0.200. The number of nitrogens with one attached hydrogen (secondary N) is 1. The number of ether oxygens (including phenoxy) is 2. The number of benzene rings is 1. The molecule has 3 rings (SSSR count). The number of aromatic amines is 1. The third-order valence-corrected chi connectivity index (χ3v) is 3.63. The Hall–Kier alpha value is -1.92. The summed E-state index contributed by atoms with van der Waals surface area (Å²) in [6.07, 6.45) is 1.82. The van der Waals surface area contributed by atoms with Gasteiger partial charge in [0.1, 0.15) is 17.6 Å². The number of halogens is 1. The third-order valence-electron chi connectivity index (χ3n) is 3.03. The fourth-order valence-electron chi connectivity index (χ4n) is 2.04. The molecule has 0 radical (unpaired) electrons. The number of aromatic nitrogens is 3. The number of hydrogen-bond acceptors (Lipinski definition) is 4. The second-order valence-corrected chi connectivity index (χ2v) is 5.34. The average Bonchev–Trinajstić information content (AvgIpc) is 2.89. The summed E-state index contributed by atoms with van der Waals surface area (Å²) in [7, 11) is 1.59. The van der Waals surface area contributed by atoms with Crippen LogP contribution in [-0.2, 0) is 18.0 Å². The van der Waals surface area contributed by atoms with Crippen molar-refractivity contribution in [3.05, 3.63) is 52.4 Å². The topological polar surface area (TPSA) is 60.0 Å². The van der Waals surface area contributed by atoms with Gasteiger partial charge in [-0.1, -0.05) is 30.3 Å². The van der Waals surface area contributed by atoms with Crippen LogP contribution in [0.2, 0.25) is 0 Å². The number of hydrogen-bond donors (Lipinski definition) is 1. The Balaban J connectivity index is 1.76. The fourth-order valence-corrected chi connectivity index (χ4v) is 2.44. The first-order valence-corrected chi connectivity index (χ1v) is 7.26. The van der Waals surface area contributed by atoms with Gasteiger partial charge < -0.3 is 14.5 Å². The Labute approximate surface area is 130 Å². The molecule has 0 atom stereocenters. The minimum absolute atomic E-state index is 0.332. The summed E-state index contributed by atoms with van der Waals surface area (Å²) in [4.78, 5) is 11.9. The molecule has 3 aromatic rings. The molecule has 0 fully saturated rings. The summed E-state index contributed by atoms with van der Waals surface area (Å²) in [5, 5.41) is 0. The van der Waals surface area contributed by atoms with E-state index in [4.69, 9.17) is 9.47 Å². The Morgan fingerprint density at radius 2 is 1.95 bits per heavy atom. The van der Waals surface area contributed by atoms with E-state index in [2.05, 4.69) is 30.9 Å². The molecule has 0 spiro atoms. The van der Waals surface area contributed by atoms with Crippen molar-refractivity contribution in [1.82, 2.24) is 15.0 Å². The molecule has 6 heteroatoms. The van der Waals surface area contributed by atoms with Crippen LogP contribution in [0.4, 0.5) is 0 Å². The maximum Gasteiger partial charge on any atom is 0.241 e. The number of methoxy groups -OCH3 is 1. The van der Waals surface area contributed by atoms with Gasteiger partial charge in [0, 0.05) is 6.20 Å². The summed E-state index contributed by atoms with van der Waals surface area (Å²) < 4.78 is 11.8. The Kier molecular flexibility index (Phi) is 4.17. The van der Waals surface area contributed by atoms with E-state index in [1.165, 1.54) is 0 Å². The van der Waals surface area contributed by atoms with E-state index in [0.717, 1.165) is 21.1 Å². The second kappa shape index (κ2) is 6.24. The van der Waals surface area contributed by atoms with Crippen LogP contribution in [0, 0.1) is 0 Å². The van der Waals surface area contributed by atoms with Crippen molar-refractivity contribution in [3.63, 3.8) is 0 Å². The highest BCUT2D eigenvalue weighted by atomic mass is 79.9. The van der Waals surface area contributed by atoms with Crippen molar-refractivity contribution < 1.29 is 9.47 Å². The molecule has 0 unspecified atom stereocenters. The van der Waals surface area contributed by atoms with Crippen LogP contribution in [0.25, 0.3) is 11.0 Å². The first-order valence-electron chi connectivity index (χ1n) is 6.47. The van der Waals surface area contributed by atoms with Gasteiger partial charge in [0.2, 0.25) is 5.88 Å². The van der Waals surface area contributed by atoms with Crippen LogP contribution in [0.1, 0.15) is 11.4 Å². The quantitative estimate of drug-likeness (QED) is 0.767.